The Bertz CT molecular complexity index is 1460. The number of aliphatic hydroxyl groups excluding tert-OH is 1. The lowest BCUT2D eigenvalue weighted by Gasteiger charge is -2.36. The van der Waals surface area contributed by atoms with Crippen LogP contribution in [-0.4, -0.2) is 49.0 Å². The molecule has 0 saturated carbocycles. The molecule has 1 N–H and O–H groups in total. The molecule has 0 heterocycles. The Hall–Kier alpha value is -3.42. The number of thioether (sulfide) groups is 1. The molecule has 250 valence electrons. The fourth-order valence-electron chi connectivity index (χ4n) is 6.09. The molecular formula is C40H51NO4SSi. The van der Waals surface area contributed by atoms with Gasteiger partial charge in [0, 0.05) is 26.7 Å². The van der Waals surface area contributed by atoms with Crippen LogP contribution in [0.3, 0.4) is 0 Å². The largest absolute Gasteiger partial charge is 0.511 e. The zero-order chi connectivity index (χ0) is 34.2. The van der Waals surface area contributed by atoms with Gasteiger partial charge in [-0.25, -0.2) is 4.79 Å². The molecule has 0 unspecified atom stereocenters. The molecule has 0 aliphatic heterocycles. The average molecular weight is 670 g/mol. The summed E-state index contributed by atoms with van der Waals surface area (Å²) in [4.78, 5) is 32.7. The second-order valence-electron chi connectivity index (χ2n) is 15.0. The second-order valence-corrected chi connectivity index (χ2v) is 21.9. The standard InChI is InChI=1S/C40H51NO4SSi/c1-29(2)25-33(37-35(42)26-39(3,4)27-36(37)43)41-34(38(44)45-23-24-47(5,6)7)28-46-40(30-17-11-8-12-18-30,31-19-13-9-14-20-31)32-21-15-10-16-22-32/h8-22,29,34,42H,23-28H2,1-7H3/t34-/m1/s1. The molecule has 1 atom stereocenters. The number of nitrogens with zero attached hydrogens (tertiary/aromatic N) is 1. The first-order valence-electron chi connectivity index (χ1n) is 16.7. The van der Waals surface area contributed by atoms with Crippen LogP contribution in [0.15, 0.2) is 107 Å². The quantitative estimate of drug-likeness (QED) is 0.0801. The number of ether oxygens (including phenoxy) is 1. The molecule has 0 aromatic heterocycles. The molecule has 4 rings (SSSR count). The van der Waals surface area contributed by atoms with E-state index in [9.17, 15) is 14.7 Å². The Morgan fingerprint density at radius 2 is 1.38 bits per heavy atom. The molecule has 0 amide bonds. The summed E-state index contributed by atoms with van der Waals surface area (Å²) in [7, 11) is -1.46. The van der Waals surface area contributed by atoms with Gasteiger partial charge in [0.05, 0.1) is 22.6 Å². The van der Waals surface area contributed by atoms with Crippen molar-refractivity contribution >= 4 is 37.3 Å². The van der Waals surface area contributed by atoms with Crippen molar-refractivity contribution in [3.63, 3.8) is 0 Å². The van der Waals surface area contributed by atoms with Crippen LogP contribution in [-0.2, 0) is 19.1 Å². The Morgan fingerprint density at radius 3 is 1.81 bits per heavy atom. The summed E-state index contributed by atoms with van der Waals surface area (Å²) in [6.07, 6.45) is 1.18. The van der Waals surface area contributed by atoms with Gasteiger partial charge in [-0.2, -0.15) is 0 Å². The van der Waals surface area contributed by atoms with Crippen molar-refractivity contribution in [3.05, 3.63) is 119 Å². The maximum Gasteiger partial charge on any atom is 0.331 e. The van der Waals surface area contributed by atoms with E-state index in [-0.39, 0.29) is 28.4 Å². The number of carbonyl (C=O) groups excluding carboxylic acids is 2. The predicted molar refractivity (Wildman–Crippen MR) is 199 cm³/mol. The van der Waals surface area contributed by atoms with Gasteiger partial charge < -0.3 is 9.84 Å². The first-order valence-corrected chi connectivity index (χ1v) is 21.4. The Kier molecular flexibility index (Phi) is 12.1. The van der Waals surface area contributed by atoms with Gasteiger partial charge in [-0.1, -0.05) is 138 Å². The molecule has 3 aromatic carbocycles. The van der Waals surface area contributed by atoms with Crippen LogP contribution < -0.4 is 0 Å². The summed E-state index contributed by atoms with van der Waals surface area (Å²) in [5, 5.41) is 11.2. The average Bonchev–Trinajstić information content (AvgIpc) is 3.00. The number of rotatable bonds is 14. The van der Waals surface area contributed by atoms with Crippen molar-refractivity contribution in [2.75, 3.05) is 12.4 Å². The van der Waals surface area contributed by atoms with Crippen LogP contribution in [0.4, 0.5) is 0 Å². The maximum absolute atomic E-state index is 14.0. The summed E-state index contributed by atoms with van der Waals surface area (Å²) >= 11 is 1.65. The molecule has 0 saturated heterocycles. The number of hydrogen-bond donors (Lipinski definition) is 1. The van der Waals surface area contributed by atoms with Gasteiger partial charge in [0.25, 0.3) is 0 Å². The van der Waals surface area contributed by atoms with E-state index in [0.717, 1.165) is 22.7 Å². The smallest absolute Gasteiger partial charge is 0.331 e. The van der Waals surface area contributed by atoms with Crippen LogP contribution in [0.1, 0.15) is 63.6 Å². The van der Waals surface area contributed by atoms with Gasteiger partial charge in [0.15, 0.2) is 11.8 Å². The van der Waals surface area contributed by atoms with E-state index in [4.69, 9.17) is 9.73 Å². The highest BCUT2D eigenvalue weighted by Crippen LogP contribution is 2.49. The highest BCUT2D eigenvalue weighted by atomic mass is 32.2. The number of hydrogen-bond acceptors (Lipinski definition) is 6. The third-order valence-electron chi connectivity index (χ3n) is 8.42. The molecule has 0 bridgehead atoms. The normalized spacial score (nSPS) is 16.3. The summed E-state index contributed by atoms with van der Waals surface area (Å²) in [6, 6.07) is 31.1. The van der Waals surface area contributed by atoms with Crippen molar-refractivity contribution in [2.45, 2.75) is 83.4 Å². The van der Waals surface area contributed by atoms with E-state index in [1.807, 2.05) is 68.4 Å². The summed E-state index contributed by atoms with van der Waals surface area (Å²) in [6.45, 7) is 15.2. The van der Waals surface area contributed by atoms with Gasteiger partial charge in [0.2, 0.25) is 0 Å². The first kappa shape index (κ1) is 36.4. The highest BCUT2D eigenvalue weighted by molar-refractivity contribution is 8.00. The number of benzene rings is 3. The molecule has 47 heavy (non-hydrogen) atoms. The van der Waals surface area contributed by atoms with E-state index >= 15 is 0 Å². The lowest BCUT2D eigenvalue weighted by atomic mass is 9.75. The minimum absolute atomic E-state index is 0.0661. The van der Waals surface area contributed by atoms with Gasteiger partial charge in [0.1, 0.15) is 5.76 Å². The maximum atomic E-state index is 14.0. The van der Waals surface area contributed by atoms with Gasteiger partial charge in [-0.05, 0) is 40.5 Å². The van der Waals surface area contributed by atoms with Crippen LogP contribution >= 0.6 is 11.8 Å². The molecule has 1 aliphatic carbocycles. The SMILES string of the molecule is CC(C)CC(=N[C@H](CSC(c1ccccc1)(c1ccccc1)c1ccccc1)C(=O)OCC[Si](C)(C)C)C1=C(O)CC(C)(C)CC1=O. The number of aliphatic hydroxyl groups is 1. The van der Waals surface area contributed by atoms with Crippen molar-refractivity contribution in [2.24, 2.45) is 16.3 Å². The Morgan fingerprint density at radius 1 is 0.894 bits per heavy atom. The molecular weight excluding hydrogens is 619 g/mol. The number of carbonyl (C=O) groups is 2. The van der Waals surface area contributed by atoms with Crippen molar-refractivity contribution < 1.29 is 19.4 Å². The number of Topliss-reactive ketones (excluding diaryl/α,β-unsaturated/α-hetero) is 1. The van der Waals surface area contributed by atoms with E-state index < -0.39 is 24.8 Å². The minimum Gasteiger partial charge on any atom is -0.511 e. The van der Waals surface area contributed by atoms with E-state index in [1.54, 1.807) is 11.8 Å². The zero-order valence-electron chi connectivity index (χ0n) is 29.1. The number of aliphatic imine (C=N–C) groups is 1. The number of allylic oxidation sites excluding steroid dienone is 2. The third kappa shape index (κ3) is 9.57. The predicted octanol–water partition coefficient (Wildman–Crippen LogP) is 9.65. The van der Waals surface area contributed by atoms with Crippen LogP contribution in [0.25, 0.3) is 0 Å². The van der Waals surface area contributed by atoms with Crippen LogP contribution in [0.2, 0.25) is 25.7 Å². The van der Waals surface area contributed by atoms with Crippen LogP contribution in [0.5, 0.6) is 0 Å². The summed E-state index contributed by atoms with van der Waals surface area (Å²) in [5.74, 6) is 0.00815. The highest BCUT2D eigenvalue weighted by Gasteiger charge is 2.40. The van der Waals surface area contributed by atoms with Crippen molar-refractivity contribution in [1.29, 1.82) is 0 Å². The van der Waals surface area contributed by atoms with E-state index in [2.05, 4.69) is 69.9 Å². The number of esters is 1. The van der Waals surface area contributed by atoms with Gasteiger partial charge in [-0.3, -0.25) is 9.79 Å². The Balaban J connectivity index is 1.85. The summed E-state index contributed by atoms with van der Waals surface area (Å²) < 4.78 is 5.30. The van der Waals surface area contributed by atoms with E-state index in [1.165, 1.54) is 0 Å². The number of ketones is 1. The minimum atomic E-state index is -1.46. The fraction of sp³-hybridized carbons (Fsp3) is 0.425. The van der Waals surface area contributed by atoms with Crippen molar-refractivity contribution in [1.82, 2.24) is 0 Å². The van der Waals surface area contributed by atoms with Gasteiger partial charge in [-0.15, -0.1) is 11.8 Å². The molecule has 0 spiro atoms. The monoisotopic (exact) mass is 669 g/mol. The second kappa shape index (κ2) is 15.7. The van der Waals surface area contributed by atoms with E-state index in [0.29, 0.717) is 37.3 Å². The summed E-state index contributed by atoms with van der Waals surface area (Å²) in [5.41, 5.74) is 3.71. The first-order chi connectivity index (χ1) is 22.2. The molecule has 3 aromatic rings. The van der Waals surface area contributed by atoms with Crippen molar-refractivity contribution in [3.8, 4) is 0 Å². The molecule has 7 heteroatoms. The lowest BCUT2D eigenvalue weighted by Crippen LogP contribution is -2.34. The molecule has 5 nitrogen and oxygen atoms in total. The molecule has 1 aliphatic rings. The fourth-order valence-corrected chi connectivity index (χ4v) is 8.34. The molecule has 0 radical (unpaired) electrons. The molecule has 0 fully saturated rings. The van der Waals surface area contributed by atoms with Crippen LogP contribution in [0, 0.1) is 11.3 Å². The zero-order valence-corrected chi connectivity index (χ0v) is 30.9. The lowest BCUT2D eigenvalue weighted by molar-refractivity contribution is -0.144. The van der Waals surface area contributed by atoms with Gasteiger partial charge >= 0.3 is 5.97 Å². The Labute approximate surface area is 287 Å². The topological polar surface area (TPSA) is 76.0 Å². The third-order valence-corrected chi connectivity index (χ3v) is 11.7.